The van der Waals surface area contributed by atoms with Gasteiger partial charge in [-0.2, -0.15) is 0 Å². The van der Waals surface area contributed by atoms with Crippen LogP contribution >= 0.6 is 0 Å². The largest absolute Gasteiger partial charge is 0.128 e. The Morgan fingerprint density at radius 2 is 1.08 bits per heavy atom. The maximum atomic E-state index is 3.14. The highest BCUT2D eigenvalue weighted by atomic mass is 14.2. The van der Waals surface area contributed by atoms with E-state index in [0.29, 0.717) is 0 Å². The molecule has 0 atom stereocenters. The Hall–Kier alpha value is -0.480. The van der Waals surface area contributed by atoms with Gasteiger partial charge in [0.25, 0.3) is 0 Å². The van der Waals surface area contributed by atoms with Gasteiger partial charge in [0, 0.05) is 11.8 Å². The van der Waals surface area contributed by atoms with Crippen molar-refractivity contribution in [1.29, 1.82) is 0 Å². The van der Waals surface area contributed by atoms with E-state index in [-0.39, 0.29) is 0 Å². The third kappa shape index (κ3) is 2.74. The quantitative estimate of drug-likeness (QED) is 0.553. The van der Waals surface area contributed by atoms with Gasteiger partial charge in [-0.15, -0.1) is 5.73 Å². The lowest BCUT2D eigenvalue weighted by Gasteiger charge is -1.96. The van der Waals surface area contributed by atoms with Crippen LogP contribution in [0.5, 0.6) is 0 Å². The van der Waals surface area contributed by atoms with Crippen LogP contribution in [0, 0.1) is 63.2 Å². The van der Waals surface area contributed by atoms with E-state index in [9.17, 15) is 0 Å². The summed E-state index contributed by atoms with van der Waals surface area (Å²) in [5.41, 5.74) is 3.14. The monoisotopic (exact) mass is 166 g/mol. The first kappa shape index (κ1) is 9.09. The van der Waals surface area contributed by atoms with Crippen molar-refractivity contribution >= 4 is 0 Å². The zero-order valence-electron chi connectivity index (χ0n) is 7.27. The van der Waals surface area contributed by atoms with Crippen LogP contribution in [0.1, 0.15) is 0 Å². The van der Waals surface area contributed by atoms with Crippen molar-refractivity contribution in [3.8, 4) is 0 Å². The molecule has 0 heteroatoms. The van der Waals surface area contributed by atoms with Gasteiger partial charge in [0.2, 0.25) is 0 Å². The van der Waals surface area contributed by atoms with Gasteiger partial charge in [-0.1, -0.05) is 0 Å². The molecule has 0 aliphatic heterocycles. The van der Waals surface area contributed by atoms with Crippen molar-refractivity contribution in [1.82, 2.24) is 0 Å². The minimum absolute atomic E-state index is 1.20. The Morgan fingerprint density at radius 3 is 1.46 bits per heavy atom. The van der Waals surface area contributed by atoms with Crippen molar-refractivity contribution < 1.29 is 0 Å². The first-order valence-electron chi connectivity index (χ1n) is 4.31. The van der Waals surface area contributed by atoms with Gasteiger partial charge in [-0.3, -0.25) is 0 Å². The van der Waals surface area contributed by atoms with Crippen LogP contribution < -0.4 is 0 Å². The molecule has 2 rings (SSSR count). The molecule has 0 heterocycles. The smallest absolute Gasteiger partial charge is 0.0128 e. The number of rotatable bonds is 2. The van der Waals surface area contributed by atoms with Crippen LogP contribution in [-0.2, 0) is 0 Å². The van der Waals surface area contributed by atoms with Gasteiger partial charge >= 0.3 is 0 Å². The van der Waals surface area contributed by atoms with Crippen LogP contribution in [0.25, 0.3) is 0 Å². The molecule has 0 amide bonds. The Labute approximate surface area is 81.7 Å². The maximum Gasteiger partial charge on any atom is 0.0128 e. The third-order valence-corrected chi connectivity index (χ3v) is 1.88. The molecule has 2 fully saturated rings. The summed E-state index contributed by atoms with van der Waals surface area (Å²) in [5, 5.41) is 0. The normalized spacial score (nSPS) is 24.6. The minimum Gasteiger partial charge on any atom is -0.128 e. The SMILES string of the molecule is C(=C[C]1[CH][CH][CH][CH]1)=C[C]1[CH][CH][CH][CH]1. The Balaban J connectivity index is 1.80. The second kappa shape index (κ2) is 4.67. The molecule has 10 radical (unpaired) electrons. The van der Waals surface area contributed by atoms with Crippen molar-refractivity contribution in [2.75, 3.05) is 0 Å². The zero-order valence-corrected chi connectivity index (χ0v) is 7.27. The van der Waals surface area contributed by atoms with E-state index in [2.05, 4.69) is 31.4 Å². The first-order chi connectivity index (χ1) is 6.45. The third-order valence-electron chi connectivity index (χ3n) is 1.88. The summed E-state index contributed by atoms with van der Waals surface area (Å²) >= 11 is 0. The molecule has 2 aliphatic rings. The summed E-state index contributed by atoms with van der Waals surface area (Å²) in [6.45, 7) is 0. The molecule has 0 aromatic rings. The van der Waals surface area contributed by atoms with Crippen LogP contribution in [0.2, 0.25) is 0 Å². The van der Waals surface area contributed by atoms with Crippen LogP contribution in [-0.4, -0.2) is 0 Å². The molecule has 0 spiro atoms. The average Bonchev–Trinajstić information content (AvgIpc) is 2.75. The molecular formula is C13H10. The fraction of sp³-hybridized carbons (Fsp3) is 0. The lowest BCUT2D eigenvalue weighted by Crippen LogP contribution is -1.84. The Bertz CT molecular complexity index is 176. The van der Waals surface area contributed by atoms with E-state index >= 15 is 0 Å². The Kier molecular flexibility index (Phi) is 3.27. The molecule has 0 aromatic heterocycles. The highest BCUT2D eigenvalue weighted by Crippen LogP contribution is 2.25. The minimum atomic E-state index is 1.20. The molecule has 0 bridgehead atoms. The van der Waals surface area contributed by atoms with Gasteiger partial charge in [-0.25, -0.2) is 0 Å². The Morgan fingerprint density at radius 1 is 0.692 bits per heavy atom. The van der Waals surface area contributed by atoms with E-state index < -0.39 is 0 Å². The highest BCUT2D eigenvalue weighted by Gasteiger charge is 2.14. The predicted molar refractivity (Wildman–Crippen MR) is 53.5 cm³/mol. The van der Waals surface area contributed by atoms with E-state index in [1.54, 1.807) is 0 Å². The van der Waals surface area contributed by atoms with E-state index in [4.69, 9.17) is 0 Å². The second-order valence-corrected chi connectivity index (χ2v) is 2.89. The molecule has 2 saturated carbocycles. The van der Waals surface area contributed by atoms with Crippen molar-refractivity contribution in [3.63, 3.8) is 0 Å². The molecule has 2 aliphatic carbocycles. The molecule has 0 N–H and O–H groups in total. The second-order valence-electron chi connectivity index (χ2n) is 2.89. The molecular weight excluding hydrogens is 156 g/mol. The molecule has 0 saturated heterocycles. The first-order valence-corrected chi connectivity index (χ1v) is 4.31. The van der Waals surface area contributed by atoms with Crippen LogP contribution in [0.3, 0.4) is 0 Å². The molecule has 0 aromatic carbocycles. The number of hydrogen-bond acceptors (Lipinski definition) is 0. The van der Waals surface area contributed by atoms with Crippen LogP contribution in [0.15, 0.2) is 17.9 Å². The average molecular weight is 166 g/mol. The summed E-state index contributed by atoms with van der Waals surface area (Å²) in [5.74, 6) is 2.39. The lowest BCUT2D eigenvalue weighted by molar-refractivity contribution is 1.36. The van der Waals surface area contributed by atoms with Crippen molar-refractivity contribution in [2.45, 2.75) is 0 Å². The van der Waals surface area contributed by atoms with Gasteiger partial charge in [0.1, 0.15) is 0 Å². The van der Waals surface area contributed by atoms with Crippen molar-refractivity contribution in [3.05, 3.63) is 81.1 Å². The zero-order chi connectivity index (χ0) is 8.93. The van der Waals surface area contributed by atoms with Crippen molar-refractivity contribution in [2.24, 2.45) is 0 Å². The molecule has 62 valence electrons. The predicted octanol–water partition coefficient (Wildman–Crippen LogP) is 2.51. The number of allylic oxidation sites excluding steroid dienone is 1. The van der Waals surface area contributed by atoms with Gasteiger partial charge in [0.05, 0.1) is 0 Å². The summed E-state index contributed by atoms with van der Waals surface area (Å²) < 4.78 is 0. The van der Waals surface area contributed by atoms with Gasteiger partial charge in [-0.05, 0) is 63.5 Å². The summed E-state index contributed by atoms with van der Waals surface area (Å²) in [7, 11) is 0. The fourth-order valence-electron chi connectivity index (χ4n) is 1.20. The summed E-state index contributed by atoms with van der Waals surface area (Å²) in [6.07, 6.45) is 20.3. The van der Waals surface area contributed by atoms with Crippen LogP contribution in [0.4, 0.5) is 0 Å². The molecule has 0 unspecified atom stereocenters. The van der Waals surface area contributed by atoms with Gasteiger partial charge < -0.3 is 0 Å². The topological polar surface area (TPSA) is 0 Å². The van der Waals surface area contributed by atoms with E-state index in [0.717, 1.165) is 0 Å². The molecule has 0 nitrogen and oxygen atoms in total. The van der Waals surface area contributed by atoms with Gasteiger partial charge in [0.15, 0.2) is 0 Å². The summed E-state index contributed by atoms with van der Waals surface area (Å²) in [4.78, 5) is 0. The highest BCUT2D eigenvalue weighted by molar-refractivity contribution is 5.44. The number of hydrogen-bond donors (Lipinski definition) is 0. The lowest BCUT2D eigenvalue weighted by atomic mass is 10.1. The summed E-state index contributed by atoms with van der Waals surface area (Å²) in [6, 6.07) is 0. The van der Waals surface area contributed by atoms with E-state index in [1.165, 1.54) is 11.8 Å². The standard InChI is InChI=1S/C13H10/c1-2-7-12(6-1)10-5-11-13-8-3-4-9-13/h1-4,6-11H. The maximum absolute atomic E-state index is 3.14. The fourth-order valence-corrected chi connectivity index (χ4v) is 1.20. The molecule has 13 heavy (non-hydrogen) atoms. The van der Waals surface area contributed by atoms with E-state index in [1.807, 2.05) is 37.8 Å².